The van der Waals surface area contributed by atoms with Crippen molar-refractivity contribution in [2.24, 2.45) is 5.73 Å². The molecule has 3 N–H and O–H groups in total. The zero-order valence-electron chi connectivity index (χ0n) is 57.5. The number of nitrogens with two attached hydrogens (primary N) is 1. The number of benzene rings is 8. The molecule has 0 spiro atoms. The van der Waals surface area contributed by atoms with E-state index in [4.69, 9.17) is 38.9 Å². The third-order valence-electron chi connectivity index (χ3n) is 17.8. The van der Waals surface area contributed by atoms with Gasteiger partial charge in [-0.05, 0) is 190 Å². The minimum Gasteiger partial charge on any atom is -0.496 e. The van der Waals surface area contributed by atoms with Crippen LogP contribution in [0.4, 0.5) is 21.9 Å². The molecule has 0 bridgehead atoms. The Hall–Kier alpha value is -11.4. The lowest BCUT2D eigenvalue weighted by molar-refractivity contribution is -0.120. The summed E-state index contributed by atoms with van der Waals surface area (Å²) in [6, 6.07) is 46.2. The van der Waals surface area contributed by atoms with Crippen molar-refractivity contribution in [1.82, 2.24) is 5.32 Å². The number of amides is 5. The maximum Gasteiger partial charge on any atom is 0.407 e. The van der Waals surface area contributed by atoms with Gasteiger partial charge in [-0.2, -0.15) is 0 Å². The molecular weight excluding hydrogens is 1240 g/mol. The smallest absolute Gasteiger partial charge is 0.407 e. The lowest BCUT2D eigenvalue weighted by atomic mass is 9.87. The maximum absolute atomic E-state index is 12.8. The van der Waals surface area contributed by atoms with E-state index in [0.29, 0.717) is 53.4 Å². The number of alkyl carbamates (subject to hydrolysis) is 1. The van der Waals surface area contributed by atoms with Crippen LogP contribution in [0.25, 0.3) is 0 Å². The van der Waals surface area contributed by atoms with Crippen molar-refractivity contribution in [2.75, 3.05) is 55.8 Å². The van der Waals surface area contributed by atoms with E-state index >= 15 is 0 Å². The molecule has 3 aliphatic heterocycles. The third kappa shape index (κ3) is 15.5. The largest absolute Gasteiger partial charge is 0.496 e. The van der Waals surface area contributed by atoms with Gasteiger partial charge in [0.05, 0.1) is 51.6 Å². The van der Waals surface area contributed by atoms with Gasteiger partial charge >= 0.3 is 12.1 Å². The highest BCUT2D eigenvalue weighted by atomic mass is 16.5. The predicted molar refractivity (Wildman–Crippen MR) is 380 cm³/mol. The van der Waals surface area contributed by atoms with Gasteiger partial charge in [0.15, 0.2) is 6.61 Å². The highest BCUT2D eigenvalue weighted by Gasteiger charge is 2.46. The molecule has 506 valence electrons. The summed E-state index contributed by atoms with van der Waals surface area (Å²) in [6.45, 7) is 30.5. The molecule has 3 heterocycles. The first-order chi connectivity index (χ1) is 46.8. The molecule has 0 saturated carbocycles. The Kier molecular flexibility index (Phi) is 22.4. The van der Waals surface area contributed by atoms with Gasteiger partial charge in [-0.3, -0.25) is 33.9 Å². The normalized spacial score (nSPS) is 15.3. The van der Waals surface area contributed by atoms with Crippen molar-refractivity contribution >= 4 is 52.8 Å². The summed E-state index contributed by atoms with van der Waals surface area (Å²) in [4.78, 5) is 78.8. The molecule has 0 unspecified atom stereocenters. The highest BCUT2D eigenvalue weighted by molar-refractivity contribution is 6.16. The summed E-state index contributed by atoms with van der Waals surface area (Å²) >= 11 is 0. The third-order valence-corrected chi connectivity index (χ3v) is 17.8. The van der Waals surface area contributed by atoms with E-state index in [1.807, 2.05) is 190 Å². The van der Waals surface area contributed by atoms with E-state index in [0.717, 1.165) is 112 Å². The number of carbonyl (C=O) groups excluding carboxylic acids is 6. The summed E-state index contributed by atoms with van der Waals surface area (Å²) in [5, 5.41) is 2.75. The average Bonchev–Trinajstić information content (AvgIpc) is 0.754. The molecule has 0 aromatic heterocycles. The predicted octanol–water partition coefficient (Wildman–Crippen LogP) is 14.6. The van der Waals surface area contributed by atoms with Crippen LogP contribution in [0.15, 0.2) is 188 Å². The second kappa shape index (κ2) is 31.0. The van der Waals surface area contributed by atoms with Crippen molar-refractivity contribution in [2.45, 2.75) is 93.5 Å². The quantitative estimate of drug-likeness (QED) is 0.0225. The van der Waals surface area contributed by atoms with Crippen LogP contribution in [0.3, 0.4) is 0 Å². The summed E-state index contributed by atoms with van der Waals surface area (Å²) in [5.41, 5.74) is 21.9. The Morgan fingerprint density at radius 3 is 1.23 bits per heavy atom. The van der Waals surface area contributed by atoms with E-state index in [-0.39, 0.29) is 49.1 Å². The Labute approximate surface area is 572 Å². The molecule has 5 amide bonds. The fourth-order valence-corrected chi connectivity index (χ4v) is 11.6. The van der Waals surface area contributed by atoms with E-state index in [9.17, 15) is 28.8 Å². The Balaban J connectivity index is 0.000000174. The summed E-state index contributed by atoms with van der Waals surface area (Å²) in [5.74, 6) is 2.62. The Bertz CT molecular complexity index is 4430. The number of aryl methyl sites for hydroxylation is 6. The fraction of sp³-hybridized carbons (Fsp3) is 0.250. The van der Waals surface area contributed by atoms with Gasteiger partial charge in [0.1, 0.15) is 41.1 Å². The van der Waals surface area contributed by atoms with Crippen LogP contribution in [0.5, 0.6) is 34.5 Å². The second-order valence-corrected chi connectivity index (χ2v) is 24.4. The van der Waals surface area contributed by atoms with Gasteiger partial charge in [0.2, 0.25) is 0 Å². The van der Waals surface area contributed by atoms with Crippen molar-refractivity contribution in [1.29, 1.82) is 0 Å². The highest BCUT2D eigenvalue weighted by Crippen LogP contribution is 2.48. The van der Waals surface area contributed by atoms with E-state index in [1.165, 1.54) is 0 Å². The zero-order valence-corrected chi connectivity index (χ0v) is 57.5. The van der Waals surface area contributed by atoms with Crippen LogP contribution >= 0.6 is 0 Å². The lowest BCUT2D eigenvalue weighted by Crippen LogP contribution is -2.48. The topological polar surface area (TPSA) is 215 Å². The molecule has 8 aromatic rings. The van der Waals surface area contributed by atoms with Gasteiger partial charge in [-0.1, -0.05) is 105 Å². The number of esters is 1. The number of β-lactam (4-membered cyclic amide) rings is 3. The SMILES string of the molecule is C=C1C(=O)N(c2cc(C)c(C)c(OC)c2)[C@H]1c1ccc(C)c(OC(=O)c2ccccc2)c1.C=C1C(=O)N(c2cc(C)c(C)c(OC)c2)[C@H]1c1ccc(C)c(OCC(N)=O)c1.C=C1C(=O)N(c2cc(C)c(C)c(OC)c2)[C@H]1c1ccc(C)c(OCCCNC(=O)OCc2ccccc2)c1. The molecule has 3 aliphatic rings. The molecule has 18 nitrogen and oxygen atoms in total. The number of hydrogen-bond acceptors (Lipinski definition) is 13. The van der Waals surface area contributed by atoms with E-state index in [1.54, 1.807) is 60.3 Å². The molecular formula is C80H83N5O13. The van der Waals surface area contributed by atoms with Crippen molar-refractivity contribution < 1.29 is 61.9 Å². The van der Waals surface area contributed by atoms with Crippen LogP contribution in [0, 0.1) is 62.3 Å². The number of nitrogens with zero attached hydrogens (tertiary/aromatic N) is 3. The van der Waals surface area contributed by atoms with Crippen LogP contribution in [0.2, 0.25) is 0 Å². The monoisotopic (exact) mass is 1320 g/mol. The minimum atomic E-state index is -0.545. The standard InChI is InChI=1S/C31H34N2O5.C27H25NO4.C22H24N2O4/c1-20-12-13-25(29-23(4)30(34)33(29)26-16-21(2)22(3)28(18-26)36-5)17-27(20)37-15-9-14-32-31(35)38-19-24-10-7-6-8-11-24;1-16-11-12-21(14-23(16)32-27(30)20-9-7-6-8-10-20)25-19(4)26(29)28(25)22-13-17(2)18(3)24(15-22)31-5;1-12-6-7-16(9-18(12)28-11-20(23)25)21-15(4)22(26)24(21)17-8-13(2)14(3)19(10-17)27-5/h6-8,10-13,16-18,29H,4,9,14-15,19H2,1-3,5H3,(H,32,35);6-15,25H,4H2,1-3,5H3;6-10,21H,4,11H2,1-3,5H3,(H2,23,25)/t29-;25-;21-/m111/s1. The van der Waals surface area contributed by atoms with Crippen LogP contribution in [-0.2, 0) is 30.5 Å². The van der Waals surface area contributed by atoms with Crippen LogP contribution in [-0.4, -0.2) is 76.8 Å². The number of hydrogen-bond donors (Lipinski definition) is 2. The fourth-order valence-electron chi connectivity index (χ4n) is 11.6. The molecule has 0 aliphatic carbocycles. The van der Waals surface area contributed by atoms with Gasteiger partial charge in [-0.15, -0.1) is 0 Å². The molecule has 11 rings (SSSR count). The number of rotatable bonds is 21. The molecule has 3 fully saturated rings. The van der Waals surface area contributed by atoms with Crippen molar-refractivity contribution in [3.05, 3.63) is 266 Å². The molecule has 18 heteroatoms. The zero-order chi connectivity index (χ0) is 70.8. The lowest BCUT2D eigenvalue weighted by Gasteiger charge is -2.43. The molecule has 8 aromatic carbocycles. The number of nitrogens with one attached hydrogen (secondary N) is 1. The first kappa shape index (κ1) is 70.9. The van der Waals surface area contributed by atoms with Gasteiger partial charge in [-0.25, -0.2) is 9.59 Å². The van der Waals surface area contributed by atoms with Crippen molar-refractivity contribution in [3.8, 4) is 34.5 Å². The summed E-state index contributed by atoms with van der Waals surface area (Å²) in [6.07, 6.45) is 0.163. The molecule has 0 radical (unpaired) electrons. The van der Waals surface area contributed by atoms with E-state index in [2.05, 4.69) is 25.1 Å². The maximum atomic E-state index is 12.8. The van der Waals surface area contributed by atoms with Crippen LogP contribution in [0.1, 0.15) is 107 Å². The number of primary amides is 1. The number of anilines is 3. The first-order valence-electron chi connectivity index (χ1n) is 32.0. The van der Waals surface area contributed by atoms with E-state index < -0.39 is 18.0 Å². The molecule has 3 atom stereocenters. The summed E-state index contributed by atoms with van der Waals surface area (Å²) in [7, 11) is 4.86. The van der Waals surface area contributed by atoms with Gasteiger partial charge in [0.25, 0.3) is 23.6 Å². The second-order valence-electron chi connectivity index (χ2n) is 24.4. The van der Waals surface area contributed by atoms with Crippen LogP contribution < -0.4 is 54.2 Å². The summed E-state index contributed by atoms with van der Waals surface area (Å²) < 4.78 is 38.9. The molecule has 3 saturated heterocycles. The Morgan fingerprint density at radius 1 is 0.459 bits per heavy atom. The average molecular weight is 1320 g/mol. The first-order valence-corrected chi connectivity index (χ1v) is 32.0. The van der Waals surface area contributed by atoms with Gasteiger partial charge in [0, 0.05) is 58.5 Å². The number of ether oxygens (including phenoxy) is 7. The Morgan fingerprint density at radius 2 is 0.837 bits per heavy atom. The number of carbonyl (C=O) groups is 6. The molecule has 98 heavy (non-hydrogen) atoms. The van der Waals surface area contributed by atoms with Crippen molar-refractivity contribution in [3.63, 3.8) is 0 Å². The van der Waals surface area contributed by atoms with Gasteiger partial charge < -0.3 is 44.2 Å². The minimum absolute atomic E-state index is 0.103. The number of methoxy groups -OCH3 is 3.